The number of hydrogen-bond acceptors (Lipinski definition) is 4. The van der Waals surface area contributed by atoms with Crippen molar-refractivity contribution >= 4 is 17.4 Å². The van der Waals surface area contributed by atoms with E-state index in [4.69, 9.17) is 6.42 Å². The maximum absolute atomic E-state index is 13.7. The zero-order valence-corrected chi connectivity index (χ0v) is 14.4. The largest absolute Gasteiger partial charge is 0.380 e. The zero-order chi connectivity index (χ0) is 18.4. The van der Waals surface area contributed by atoms with E-state index in [0.29, 0.717) is 11.3 Å². The Morgan fingerprint density at radius 2 is 2.04 bits per heavy atom. The smallest absolute Gasteiger partial charge is 0.253 e. The second kappa shape index (κ2) is 8.34. The van der Waals surface area contributed by atoms with Gasteiger partial charge < -0.3 is 15.5 Å². The quantitative estimate of drug-likeness (QED) is 0.813. The van der Waals surface area contributed by atoms with Crippen molar-refractivity contribution in [3.05, 3.63) is 54.0 Å². The van der Waals surface area contributed by atoms with Crippen LogP contribution in [-0.2, 0) is 0 Å². The molecule has 5 nitrogen and oxygen atoms in total. The maximum atomic E-state index is 13.7. The lowest BCUT2D eigenvalue weighted by atomic mass is 10.0. The van der Waals surface area contributed by atoms with Crippen LogP contribution in [0.4, 0.5) is 15.9 Å². The molecule has 1 aliphatic heterocycles. The summed E-state index contributed by atoms with van der Waals surface area (Å²) >= 11 is 0. The first kappa shape index (κ1) is 17.7. The van der Waals surface area contributed by atoms with Crippen LogP contribution in [0.15, 0.2) is 42.6 Å². The minimum absolute atomic E-state index is 0.198. The number of rotatable bonds is 5. The highest BCUT2D eigenvalue weighted by molar-refractivity contribution is 5.94. The Morgan fingerprint density at radius 3 is 2.69 bits per heavy atom. The Labute approximate surface area is 152 Å². The number of carbonyl (C=O) groups excluding carboxylic acids is 1. The van der Waals surface area contributed by atoms with E-state index in [1.807, 2.05) is 12.1 Å². The lowest BCUT2D eigenvalue weighted by molar-refractivity contribution is 0.0958. The molecule has 134 valence electrons. The zero-order valence-electron chi connectivity index (χ0n) is 14.4. The number of terminal acetylenes is 1. The monoisotopic (exact) mass is 352 g/mol. The summed E-state index contributed by atoms with van der Waals surface area (Å²) in [5.74, 6) is 2.75. The van der Waals surface area contributed by atoms with E-state index in [2.05, 4.69) is 26.4 Å². The van der Waals surface area contributed by atoms with Crippen LogP contribution in [0, 0.1) is 18.2 Å². The molecule has 3 rings (SSSR count). The molecule has 0 unspecified atom stereocenters. The molecule has 1 amide bonds. The van der Waals surface area contributed by atoms with Gasteiger partial charge in [-0.3, -0.25) is 4.79 Å². The van der Waals surface area contributed by atoms with Crippen molar-refractivity contribution in [2.45, 2.75) is 18.9 Å². The molecule has 0 bridgehead atoms. The average Bonchev–Trinajstić information content (AvgIpc) is 2.68. The van der Waals surface area contributed by atoms with Crippen molar-refractivity contribution < 1.29 is 9.18 Å². The fourth-order valence-electron chi connectivity index (χ4n) is 2.99. The van der Waals surface area contributed by atoms with Gasteiger partial charge in [0.15, 0.2) is 0 Å². The highest BCUT2D eigenvalue weighted by Gasteiger charge is 2.21. The molecule has 1 aromatic heterocycles. The van der Waals surface area contributed by atoms with Gasteiger partial charge in [-0.15, -0.1) is 6.42 Å². The molecule has 0 spiro atoms. The number of benzene rings is 1. The minimum atomic E-state index is -0.227. The molecule has 1 aliphatic rings. The standard InChI is InChI=1S/C20H21FN4O/c1-2-11-22-20(26)15-7-8-19(23-14-15)25-12-9-16(10-13-25)24-18-6-4-3-5-17(18)21/h1,3-8,14,16,24H,9-13H2,(H,22,26). The van der Waals surface area contributed by atoms with Crippen LogP contribution in [0.2, 0.25) is 0 Å². The van der Waals surface area contributed by atoms with E-state index < -0.39 is 0 Å². The minimum Gasteiger partial charge on any atom is -0.380 e. The highest BCUT2D eigenvalue weighted by Crippen LogP contribution is 2.22. The van der Waals surface area contributed by atoms with Gasteiger partial charge in [0.1, 0.15) is 11.6 Å². The molecule has 6 heteroatoms. The Bertz CT molecular complexity index is 792. The van der Waals surface area contributed by atoms with E-state index in [0.717, 1.165) is 31.7 Å². The van der Waals surface area contributed by atoms with E-state index in [9.17, 15) is 9.18 Å². The van der Waals surface area contributed by atoms with Gasteiger partial charge in [-0.2, -0.15) is 0 Å². The van der Waals surface area contributed by atoms with Crippen LogP contribution in [0.25, 0.3) is 0 Å². The molecule has 0 atom stereocenters. The van der Waals surface area contributed by atoms with Crippen molar-refractivity contribution in [1.82, 2.24) is 10.3 Å². The molecule has 2 heterocycles. The number of hydrogen-bond donors (Lipinski definition) is 2. The molecule has 0 aliphatic carbocycles. The number of nitrogens with zero attached hydrogens (tertiary/aromatic N) is 2. The molecule has 2 N–H and O–H groups in total. The first-order valence-electron chi connectivity index (χ1n) is 8.61. The number of nitrogens with one attached hydrogen (secondary N) is 2. The number of para-hydroxylation sites is 1. The fraction of sp³-hybridized carbons (Fsp3) is 0.300. The van der Waals surface area contributed by atoms with Crippen LogP contribution >= 0.6 is 0 Å². The molecule has 0 radical (unpaired) electrons. The summed E-state index contributed by atoms with van der Waals surface area (Å²) in [6.07, 6.45) is 8.47. The summed E-state index contributed by atoms with van der Waals surface area (Å²) in [5.41, 5.74) is 1.03. The predicted molar refractivity (Wildman–Crippen MR) is 101 cm³/mol. The summed E-state index contributed by atoms with van der Waals surface area (Å²) in [6.45, 7) is 1.84. The van der Waals surface area contributed by atoms with Crippen molar-refractivity contribution in [1.29, 1.82) is 0 Å². The molecule has 26 heavy (non-hydrogen) atoms. The van der Waals surface area contributed by atoms with Gasteiger partial charge in [0.05, 0.1) is 17.8 Å². The number of pyridine rings is 1. The first-order chi connectivity index (χ1) is 12.7. The molecule has 1 fully saturated rings. The van der Waals surface area contributed by atoms with E-state index in [1.165, 1.54) is 6.07 Å². The third-order valence-corrected chi connectivity index (χ3v) is 4.41. The lowest BCUT2D eigenvalue weighted by Gasteiger charge is -2.33. The molecule has 1 aromatic carbocycles. The Balaban J connectivity index is 1.54. The Hall–Kier alpha value is -3.07. The number of aromatic nitrogens is 1. The van der Waals surface area contributed by atoms with Gasteiger partial charge >= 0.3 is 0 Å². The molecule has 1 saturated heterocycles. The van der Waals surface area contributed by atoms with Crippen molar-refractivity contribution in [2.24, 2.45) is 0 Å². The fourth-order valence-corrected chi connectivity index (χ4v) is 2.99. The Kier molecular flexibility index (Phi) is 5.69. The van der Waals surface area contributed by atoms with Crippen molar-refractivity contribution in [3.8, 4) is 12.3 Å². The van der Waals surface area contributed by atoms with Crippen LogP contribution in [-0.4, -0.2) is 36.6 Å². The van der Waals surface area contributed by atoms with Crippen molar-refractivity contribution in [2.75, 3.05) is 29.9 Å². The molecular formula is C20H21FN4O. The number of carbonyl (C=O) groups is 1. The maximum Gasteiger partial charge on any atom is 0.253 e. The molecule has 2 aromatic rings. The van der Waals surface area contributed by atoms with E-state index in [-0.39, 0.29) is 24.3 Å². The highest BCUT2D eigenvalue weighted by atomic mass is 19.1. The third kappa shape index (κ3) is 4.31. The van der Waals surface area contributed by atoms with Crippen molar-refractivity contribution in [3.63, 3.8) is 0 Å². The van der Waals surface area contributed by atoms with Gasteiger partial charge in [0.2, 0.25) is 0 Å². The van der Waals surface area contributed by atoms with Crippen LogP contribution in [0.1, 0.15) is 23.2 Å². The molecular weight excluding hydrogens is 331 g/mol. The summed E-state index contributed by atoms with van der Waals surface area (Å²) in [4.78, 5) is 18.4. The predicted octanol–water partition coefficient (Wildman–Crippen LogP) is 2.66. The van der Waals surface area contributed by atoms with Gasteiger partial charge in [-0.1, -0.05) is 18.1 Å². The van der Waals surface area contributed by atoms with E-state index >= 15 is 0 Å². The van der Waals surface area contributed by atoms with Crippen LogP contribution in [0.3, 0.4) is 0 Å². The third-order valence-electron chi connectivity index (χ3n) is 4.41. The average molecular weight is 352 g/mol. The normalized spacial score (nSPS) is 14.5. The topological polar surface area (TPSA) is 57.3 Å². The van der Waals surface area contributed by atoms with Crippen LogP contribution in [0.5, 0.6) is 0 Å². The summed E-state index contributed by atoms with van der Waals surface area (Å²) in [5, 5.41) is 5.89. The number of piperidine rings is 1. The summed E-state index contributed by atoms with van der Waals surface area (Å²) in [7, 11) is 0. The summed E-state index contributed by atoms with van der Waals surface area (Å²) < 4.78 is 13.7. The number of halogens is 1. The second-order valence-corrected chi connectivity index (χ2v) is 6.18. The Morgan fingerprint density at radius 1 is 1.27 bits per heavy atom. The van der Waals surface area contributed by atoms with E-state index in [1.54, 1.807) is 24.4 Å². The summed E-state index contributed by atoms with van der Waals surface area (Å²) in [6, 6.07) is 10.6. The first-order valence-corrected chi connectivity index (χ1v) is 8.61. The van der Waals surface area contributed by atoms with Gasteiger partial charge in [0, 0.05) is 25.3 Å². The molecule has 0 saturated carbocycles. The lowest BCUT2D eigenvalue weighted by Crippen LogP contribution is -2.39. The number of anilines is 2. The van der Waals surface area contributed by atoms with Gasteiger partial charge in [0.25, 0.3) is 5.91 Å². The SMILES string of the molecule is C#CCNC(=O)c1ccc(N2CCC(Nc3ccccc3F)CC2)nc1. The second-order valence-electron chi connectivity index (χ2n) is 6.18. The van der Waals surface area contributed by atoms with Gasteiger partial charge in [-0.05, 0) is 37.1 Å². The van der Waals surface area contributed by atoms with Crippen LogP contribution < -0.4 is 15.5 Å². The van der Waals surface area contributed by atoms with Gasteiger partial charge in [-0.25, -0.2) is 9.37 Å². The number of amides is 1.